The number of benzene rings is 1. The smallest absolute Gasteiger partial charge is 0.328 e. The summed E-state index contributed by atoms with van der Waals surface area (Å²) in [7, 11) is 1.19. The predicted octanol–water partition coefficient (Wildman–Crippen LogP) is 1.43. The van der Waals surface area contributed by atoms with E-state index in [-0.39, 0.29) is 24.3 Å². The average Bonchev–Trinajstić information content (AvgIpc) is 2.47. The Hall–Kier alpha value is -1.95. The van der Waals surface area contributed by atoms with E-state index in [2.05, 4.69) is 10.1 Å². The van der Waals surface area contributed by atoms with Crippen molar-refractivity contribution in [3.8, 4) is 0 Å². The van der Waals surface area contributed by atoms with E-state index in [9.17, 15) is 19.1 Å². The number of hydrogen-bond acceptors (Lipinski definition) is 4. The lowest BCUT2D eigenvalue weighted by molar-refractivity contribution is -0.146. The fourth-order valence-electron chi connectivity index (χ4n) is 2.04. The molecule has 0 radical (unpaired) electrons. The third kappa shape index (κ3) is 5.44. The van der Waals surface area contributed by atoms with Crippen LogP contribution in [0, 0.1) is 11.7 Å². The molecular weight excluding hydrogens is 289 g/mol. The highest BCUT2D eigenvalue weighted by molar-refractivity contribution is 5.87. The largest absolute Gasteiger partial charge is 0.467 e. The van der Waals surface area contributed by atoms with Crippen molar-refractivity contribution < 1.29 is 23.8 Å². The van der Waals surface area contributed by atoms with Gasteiger partial charge in [-0.2, -0.15) is 0 Å². The van der Waals surface area contributed by atoms with Gasteiger partial charge < -0.3 is 15.2 Å². The van der Waals surface area contributed by atoms with Crippen LogP contribution in [0.3, 0.4) is 0 Å². The predicted molar refractivity (Wildman–Crippen MR) is 79.5 cm³/mol. The number of amides is 1. The number of aliphatic hydroxyl groups is 1. The van der Waals surface area contributed by atoms with Gasteiger partial charge in [-0.15, -0.1) is 0 Å². The van der Waals surface area contributed by atoms with Crippen molar-refractivity contribution in [1.82, 2.24) is 5.32 Å². The number of halogens is 1. The molecule has 0 aliphatic rings. The lowest BCUT2D eigenvalue weighted by atomic mass is 10.0. The van der Waals surface area contributed by atoms with E-state index < -0.39 is 29.8 Å². The Balaban J connectivity index is 2.79. The molecule has 0 heterocycles. The fourth-order valence-corrected chi connectivity index (χ4v) is 2.04. The molecule has 6 heteroatoms. The highest BCUT2D eigenvalue weighted by Gasteiger charge is 2.26. The molecule has 2 atom stereocenters. The molecule has 0 spiro atoms. The molecule has 1 aromatic rings. The van der Waals surface area contributed by atoms with E-state index in [1.54, 1.807) is 6.07 Å². The molecule has 1 amide bonds. The number of rotatable bonds is 7. The van der Waals surface area contributed by atoms with E-state index in [1.165, 1.54) is 25.3 Å². The number of methoxy groups -OCH3 is 1. The highest BCUT2D eigenvalue weighted by Crippen LogP contribution is 2.11. The van der Waals surface area contributed by atoms with Gasteiger partial charge in [0.2, 0.25) is 5.91 Å². The summed E-state index contributed by atoms with van der Waals surface area (Å²) in [6, 6.07) is 4.94. The Kier molecular flexibility index (Phi) is 6.98. The summed E-state index contributed by atoms with van der Waals surface area (Å²) < 4.78 is 18.3. The number of carbonyl (C=O) groups is 2. The maximum atomic E-state index is 13.7. The van der Waals surface area contributed by atoms with Crippen molar-refractivity contribution in [2.45, 2.75) is 38.8 Å². The quantitative estimate of drug-likeness (QED) is 0.747. The van der Waals surface area contributed by atoms with Crippen LogP contribution in [-0.2, 0) is 20.7 Å². The zero-order valence-electron chi connectivity index (χ0n) is 13.0. The average molecular weight is 311 g/mol. The van der Waals surface area contributed by atoms with Crippen molar-refractivity contribution in [3.05, 3.63) is 35.6 Å². The van der Waals surface area contributed by atoms with Gasteiger partial charge in [0.15, 0.2) is 0 Å². The van der Waals surface area contributed by atoms with Crippen molar-refractivity contribution >= 4 is 11.9 Å². The van der Waals surface area contributed by atoms with E-state index >= 15 is 0 Å². The van der Waals surface area contributed by atoms with E-state index in [0.717, 1.165) is 0 Å². The van der Waals surface area contributed by atoms with Gasteiger partial charge in [0.25, 0.3) is 0 Å². The van der Waals surface area contributed by atoms with Gasteiger partial charge in [0.05, 0.1) is 7.11 Å². The van der Waals surface area contributed by atoms with Crippen molar-refractivity contribution in [3.63, 3.8) is 0 Å². The molecule has 0 bridgehead atoms. The number of carbonyl (C=O) groups excluding carboxylic acids is 2. The lowest BCUT2D eigenvalue weighted by Crippen LogP contribution is -2.47. The molecule has 1 rings (SSSR count). The molecule has 0 saturated carbocycles. The number of aliphatic hydroxyl groups excluding tert-OH is 1. The first-order valence-electron chi connectivity index (χ1n) is 7.14. The van der Waals surface area contributed by atoms with Crippen LogP contribution in [0.5, 0.6) is 0 Å². The number of esters is 1. The highest BCUT2D eigenvalue weighted by atomic mass is 19.1. The molecule has 0 fully saturated rings. The Morgan fingerprint density at radius 1 is 1.32 bits per heavy atom. The third-order valence-electron chi connectivity index (χ3n) is 3.18. The Labute approximate surface area is 129 Å². The Morgan fingerprint density at radius 3 is 2.50 bits per heavy atom. The van der Waals surface area contributed by atoms with Gasteiger partial charge in [-0.05, 0) is 24.0 Å². The van der Waals surface area contributed by atoms with Crippen LogP contribution in [0.15, 0.2) is 24.3 Å². The van der Waals surface area contributed by atoms with E-state index in [0.29, 0.717) is 0 Å². The molecular formula is C16H22FNO4. The van der Waals surface area contributed by atoms with Crippen LogP contribution in [0.1, 0.15) is 25.8 Å². The molecule has 0 aliphatic heterocycles. The van der Waals surface area contributed by atoms with Gasteiger partial charge in [-0.3, -0.25) is 4.79 Å². The molecule has 1 aromatic carbocycles. The van der Waals surface area contributed by atoms with Crippen LogP contribution in [0.2, 0.25) is 0 Å². The Bertz CT molecular complexity index is 519. The molecule has 0 saturated heterocycles. The normalized spacial score (nSPS) is 13.5. The first kappa shape index (κ1) is 18.1. The first-order valence-corrected chi connectivity index (χ1v) is 7.14. The minimum atomic E-state index is -1.22. The summed E-state index contributed by atoms with van der Waals surface area (Å²) in [4.78, 5) is 23.7. The van der Waals surface area contributed by atoms with Gasteiger partial charge in [-0.1, -0.05) is 32.0 Å². The summed E-state index contributed by atoms with van der Waals surface area (Å²) in [6.45, 7) is 3.74. The molecule has 0 unspecified atom stereocenters. The fraction of sp³-hybridized carbons (Fsp3) is 0.500. The molecule has 22 heavy (non-hydrogen) atoms. The summed E-state index contributed by atoms with van der Waals surface area (Å²) in [5.41, 5.74) is 0.288. The van der Waals surface area contributed by atoms with Crippen LogP contribution in [0.4, 0.5) is 4.39 Å². The van der Waals surface area contributed by atoms with Crippen molar-refractivity contribution in [2.75, 3.05) is 7.11 Å². The standard InChI is InChI=1S/C16H22FNO4/c1-10(2)8-14(19)15(20)18-13(16(21)22-3)9-11-6-4-5-7-12(11)17/h4-7,10,13-14,19H,8-9H2,1-3H3,(H,18,20)/t13-,14-/m1/s1. The maximum absolute atomic E-state index is 13.7. The zero-order valence-corrected chi connectivity index (χ0v) is 13.0. The second kappa shape index (κ2) is 8.48. The van der Waals surface area contributed by atoms with E-state index in [1.807, 2.05) is 13.8 Å². The van der Waals surface area contributed by atoms with Gasteiger partial charge in [0, 0.05) is 6.42 Å². The Morgan fingerprint density at radius 2 is 1.95 bits per heavy atom. The molecule has 0 aliphatic carbocycles. The molecule has 0 aromatic heterocycles. The number of ether oxygens (including phenoxy) is 1. The summed E-state index contributed by atoms with van der Waals surface area (Å²) >= 11 is 0. The second-order valence-electron chi connectivity index (χ2n) is 5.53. The summed E-state index contributed by atoms with van der Waals surface area (Å²) in [5.74, 6) is -1.69. The summed E-state index contributed by atoms with van der Waals surface area (Å²) in [5, 5.41) is 12.2. The van der Waals surface area contributed by atoms with Crippen molar-refractivity contribution in [2.24, 2.45) is 5.92 Å². The summed E-state index contributed by atoms with van der Waals surface area (Å²) in [6.07, 6.45) is -0.980. The SMILES string of the molecule is COC(=O)[C@@H](Cc1ccccc1F)NC(=O)[C@H](O)CC(C)C. The van der Waals surface area contributed by atoms with Crippen LogP contribution >= 0.6 is 0 Å². The zero-order chi connectivity index (χ0) is 16.7. The van der Waals surface area contributed by atoms with Gasteiger partial charge in [0.1, 0.15) is 18.0 Å². The van der Waals surface area contributed by atoms with E-state index in [4.69, 9.17) is 0 Å². The van der Waals surface area contributed by atoms with Gasteiger partial charge >= 0.3 is 5.97 Å². The van der Waals surface area contributed by atoms with Crippen LogP contribution < -0.4 is 5.32 Å². The molecule has 5 nitrogen and oxygen atoms in total. The molecule has 122 valence electrons. The monoisotopic (exact) mass is 311 g/mol. The van der Waals surface area contributed by atoms with Crippen molar-refractivity contribution in [1.29, 1.82) is 0 Å². The maximum Gasteiger partial charge on any atom is 0.328 e. The topological polar surface area (TPSA) is 75.6 Å². The van der Waals surface area contributed by atoms with Crippen LogP contribution in [0.25, 0.3) is 0 Å². The minimum Gasteiger partial charge on any atom is -0.467 e. The minimum absolute atomic E-state index is 0.0422. The number of nitrogens with one attached hydrogen (secondary N) is 1. The first-order chi connectivity index (χ1) is 10.3. The number of hydrogen-bond donors (Lipinski definition) is 2. The third-order valence-corrected chi connectivity index (χ3v) is 3.18. The van der Waals surface area contributed by atoms with Crippen LogP contribution in [-0.4, -0.2) is 36.2 Å². The van der Waals surface area contributed by atoms with Gasteiger partial charge in [-0.25, -0.2) is 9.18 Å². The second-order valence-corrected chi connectivity index (χ2v) is 5.53. The lowest BCUT2D eigenvalue weighted by Gasteiger charge is -2.19. The molecule has 2 N–H and O–H groups in total.